The lowest BCUT2D eigenvalue weighted by Gasteiger charge is -2.34. The number of hydrogen-bond acceptors (Lipinski definition) is 3. The number of amides is 1. The summed E-state index contributed by atoms with van der Waals surface area (Å²) in [5.41, 5.74) is 1.98. The molecule has 4 nitrogen and oxygen atoms in total. The molecule has 1 saturated heterocycles. The molecule has 0 unspecified atom stereocenters. The summed E-state index contributed by atoms with van der Waals surface area (Å²) in [6, 6.07) is 1.74. The van der Waals surface area contributed by atoms with Crippen LogP contribution in [-0.4, -0.2) is 29.9 Å². The predicted octanol–water partition coefficient (Wildman–Crippen LogP) is 1.87. The third-order valence-corrected chi connectivity index (χ3v) is 3.62. The highest BCUT2D eigenvalue weighted by Crippen LogP contribution is 2.31. The van der Waals surface area contributed by atoms with Gasteiger partial charge in [0, 0.05) is 13.0 Å². The average molecular weight is 267 g/mol. The first-order chi connectivity index (χ1) is 8.96. The summed E-state index contributed by atoms with van der Waals surface area (Å²) in [6.45, 7) is 2.48. The first kappa shape index (κ1) is 12.3. The zero-order valence-corrected chi connectivity index (χ0v) is 10.7. The lowest BCUT2D eigenvalue weighted by Crippen LogP contribution is -2.43. The van der Waals surface area contributed by atoms with Gasteiger partial charge in [-0.1, -0.05) is 0 Å². The summed E-state index contributed by atoms with van der Waals surface area (Å²) < 4.78 is 26.9. The van der Waals surface area contributed by atoms with Gasteiger partial charge in [-0.15, -0.1) is 0 Å². The lowest BCUT2D eigenvalue weighted by atomic mass is 10.1. The maximum atomic E-state index is 13.5. The number of pyridine rings is 1. The van der Waals surface area contributed by atoms with Crippen LogP contribution in [0.4, 0.5) is 14.6 Å². The van der Waals surface area contributed by atoms with Crippen LogP contribution >= 0.6 is 0 Å². The molecular formula is C13H15F2N3O. The second-order valence-corrected chi connectivity index (χ2v) is 5.19. The number of piperidine rings is 1. The molecule has 1 fully saturated rings. The second-order valence-electron chi connectivity index (χ2n) is 5.19. The van der Waals surface area contributed by atoms with E-state index in [9.17, 15) is 13.6 Å². The van der Waals surface area contributed by atoms with Crippen molar-refractivity contribution in [3.8, 4) is 0 Å². The lowest BCUT2D eigenvalue weighted by molar-refractivity contribution is -0.0118. The minimum absolute atomic E-state index is 0.0620. The van der Waals surface area contributed by atoms with Crippen LogP contribution in [-0.2, 0) is 6.54 Å². The monoisotopic (exact) mass is 267 g/mol. The van der Waals surface area contributed by atoms with Crippen LogP contribution in [0.15, 0.2) is 6.07 Å². The topological polar surface area (TPSA) is 45.2 Å². The summed E-state index contributed by atoms with van der Waals surface area (Å²) in [4.78, 5) is 17.6. The Morgan fingerprint density at radius 1 is 1.47 bits per heavy atom. The van der Waals surface area contributed by atoms with E-state index < -0.39 is 5.92 Å². The van der Waals surface area contributed by atoms with E-state index in [0.717, 1.165) is 5.56 Å². The first-order valence-electron chi connectivity index (χ1n) is 6.38. The highest BCUT2D eigenvalue weighted by atomic mass is 19.3. The van der Waals surface area contributed by atoms with Crippen molar-refractivity contribution < 1.29 is 13.6 Å². The Morgan fingerprint density at radius 2 is 2.26 bits per heavy atom. The third-order valence-electron chi connectivity index (χ3n) is 3.62. The van der Waals surface area contributed by atoms with Crippen molar-refractivity contribution in [2.45, 2.75) is 32.2 Å². The summed E-state index contributed by atoms with van der Waals surface area (Å²) in [7, 11) is 0. The molecule has 0 saturated carbocycles. The Morgan fingerprint density at radius 3 is 3.00 bits per heavy atom. The van der Waals surface area contributed by atoms with E-state index in [1.165, 1.54) is 0 Å². The molecule has 0 bridgehead atoms. The Labute approximate surface area is 109 Å². The van der Waals surface area contributed by atoms with E-state index >= 15 is 0 Å². The van der Waals surface area contributed by atoms with Gasteiger partial charge in [-0.2, -0.15) is 0 Å². The number of carbonyl (C=O) groups is 1. The molecule has 19 heavy (non-hydrogen) atoms. The number of carbonyl (C=O) groups excluding carboxylic acids is 1. The number of nitrogens with one attached hydrogen (secondary N) is 1. The maximum absolute atomic E-state index is 13.5. The molecule has 1 N–H and O–H groups in total. The number of halogens is 2. The van der Waals surface area contributed by atoms with E-state index in [1.54, 1.807) is 17.9 Å². The molecule has 3 rings (SSSR count). The van der Waals surface area contributed by atoms with Gasteiger partial charge in [-0.25, -0.2) is 13.8 Å². The van der Waals surface area contributed by atoms with Crippen molar-refractivity contribution >= 4 is 11.7 Å². The van der Waals surface area contributed by atoms with Crippen LogP contribution in [0.3, 0.4) is 0 Å². The van der Waals surface area contributed by atoms with E-state index in [2.05, 4.69) is 10.3 Å². The number of fused-ring (bicyclic) bond motifs is 1. The SMILES string of the molecule is Cc1cc2c(nc1N1CCCC(F)(F)C1)CNC2=O. The first-order valence-corrected chi connectivity index (χ1v) is 6.38. The molecule has 3 heterocycles. The van der Waals surface area contributed by atoms with Crippen LogP contribution in [0.25, 0.3) is 0 Å². The minimum Gasteiger partial charge on any atom is -0.350 e. The number of anilines is 1. The number of rotatable bonds is 1. The van der Waals surface area contributed by atoms with Crippen LogP contribution in [0.2, 0.25) is 0 Å². The molecule has 102 valence electrons. The summed E-state index contributed by atoms with van der Waals surface area (Å²) in [5, 5.41) is 2.69. The van der Waals surface area contributed by atoms with Crippen molar-refractivity contribution in [1.29, 1.82) is 0 Å². The highest BCUT2D eigenvalue weighted by molar-refractivity contribution is 5.98. The van der Waals surface area contributed by atoms with Crippen LogP contribution in [0, 0.1) is 6.92 Å². The maximum Gasteiger partial charge on any atom is 0.265 e. The number of hydrogen-bond donors (Lipinski definition) is 1. The van der Waals surface area contributed by atoms with E-state index in [1.807, 2.05) is 0 Å². The molecule has 0 aromatic carbocycles. The van der Waals surface area contributed by atoms with E-state index in [4.69, 9.17) is 0 Å². The third kappa shape index (κ3) is 2.15. The molecule has 0 radical (unpaired) electrons. The van der Waals surface area contributed by atoms with Gasteiger partial charge >= 0.3 is 0 Å². The fraction of sp³-hybridized carbons (Fsp3) is 0.538. The molecule has 2 aliphatic rings. The standard InChI is InChI=1S/C13H15F2N3O/c1-8-5-9-10(6-16-12(9)19)17-11(8)18-4-2-3-13(14,15)7-18/h5H,2-4,6-7H2,1H3,(H,16,19). The molecule has 0 aliphatic carbocycles. The molecule has 0 spiro atoms. The normalized spacial score (nSPS) is 21.2. The largest absolute Gasteiger partial charge is 0.350 e. The van der Waals surface area contributed by atoms with Gasteiger partial charge in [0.1, 0.15) is 5.82 Å². The molecule has 2 aliphatic heterocycles. The van der Waals surface area contributed by atoms with Crippen molar-refractivity contribution in [1.82, 2.24) is 10.3 Å². The fourth-order valence-corrected chi connectivity index (χ4v) is 2.70. The Kier molecular flexibility index (Phi) is 2.69. The molecule has 6 heteroatoms. The Hall–Kier alpha value is -1.72. The number of nitrogens with zero attached hydrogens (tertiary/aromatic N) is 2. The van der Waals surface area contributed by atoms with Crippen molar-refractivity contribution in [3.05, 3.63) is 22.9 Å². The van der Waals surface area contributed by atoms with Crippen LogP contribution < -0.4 is 10.2 Å². The Balaban J connectivity index is 1.95. The van der Waals surface area contributed by atoms with Crippen molar-refractivity contribution in [2.24, 2.45) is 0 Å². The Bertz CT molecular complexity index is 545. The van der Waals surface area contributed by atoms with Gasteiger partial charge in [0.15, 0.2) is 0 Å². The van der Waals surface area contributed by atoms with Crippen molar-refractivity contribution in [3.63, 3.8) is 0 Å². The average Bonchev–Trinajstić information content (AvgIpc) is 2.68. The minimum atomic E-state index is -2.65. The van der Waals surface area contributed by atoms with Gasteiger partial charge in [-0.3, -0.25) is 4.79 Å². The van der Waals surface area contributed by atoms with Gasteiger partial charge < -0.3 is 10.2 Å². The molecular weight excluding hydrogens is 252 g/mol. The van der Waals surface area contributed by atoms with Gasteiger partial charge in [-0.05, 0) is 25.0 Å². The summed E-state index contributed by atoms with van der Waals surface area (Å²) in [6.07, 6.45) is 0.399. The van der Waals surface area contributed by atoms with Crippen LogP contribution in [0.1, 0.15) is 34.5 Å². The van der Waals surface area contributed by atoms with E-state index in [-0.39, 0.29) is 18.9 Å². The second kappa shape index (κ2) is 4.15. The zero-order chi connectivity index (χ0) is 13.6. The molecule has 1 amide bonds. The van der Waals surface area contributed by atoms with E-state index in [0.29, 0.717) is 36.6 Å². The molecule has 1 aromatic rings. The number of aryl methyl sites for hydroxylation is 1. The van der Waals surface area contributed by atoms with Gasteiger partial charge in [0.2, 0.25) is 0 Å². The quantitative estimate of drug-likeness (QED) is 0.845. The molecule has 0 atom stereocenters. The smallest absolute Gasteiger partial charge is 0.265 e. The van der Waals surface area contributed by atoms with Crippen LogP contribution in [0.5, 0.6) is 0 Å². The summed E-state index contributed by atoms with van der Waals surface area (Å²) in [5.74, 6) is -2.21. The fourth-order valence-electron chi connectivity index (χ4n) is 2.70. The molecule has 1 aromatic heterocycles. The summed E-state index contributed by atoms with van der Waals surface area (Å²) >= 11 is 0. The zero-order valence-electron chi connectivity index (χ0n) is 10.7. The van der Waals surface area contributed by atoms with Gasteiger partial charge in [0.25, 0.3) is 11.8 Å². The highest BCUT2D eigenvalue weighted by Gasteiger charge is 2.36. The van der Waals surface area contributed by atoms with Crippen molar-refractivity contribution in [2.75, 3.05) is 18.0 Å². The number of alkyl halides is 2. The number of aromatic nitrogens is 1. The van der Waals surface area contributed by atoms with Gasteiger partial charge in [0.05, 0.1) is 24.3 Å². The predicted molar refractivity (Wildman–Crippen MR) is 66.5 cm³/mol.